The van der Waals surface area contributed by atoms with Crippen molar-refractivity contribution >= 4 is 13.6 Å². The summed E-state index contributed by atoms with van der Waals surface area (Å²) in [5.41, 5.74) is 0. The molecular weight excluding hydrogens is 219 g/mol. The monoisotopic (exact) mass is 240 g/mol. The van der Waals surface area contributed by atoms with Crippen molar-refractivity contribution in [2.45, 2.75) is 40.0 Å². The second-order valence-electron chi connectivity index (χ2n) is 3.55. The SMILES string of the molecule is CC(CC(=O)O)CP(=O)(O)O.CCCC. The minimum Gasteiger partial charge on any atom is -0.481 e. The highest BCUT2D eigenvalue weighted by atomic mass is 31.2. The first-order valence-electron chi connectivity index (χ1n) is 4.99. The van der Waals surface area contributed by atoms with Crippen LogP contribution in [0.25, 0.3) is 0 Å². The maximum absolute atomic E-state index is 10.3. The Morgan fingerprint density at radius 2 is 1.67 bits per heavy atom. The van der Waals surface area contributed by atoms with Gasteiger partial charge in [-0.2, -0.15) is 0 Å². The number of unbranched alkanes of at least 4 members (excludes halogenated alkanes) is 1. The van der Waals surface area contributed by atoms with E-state index in [0.29, 0.717) is 0 Å². The Kier molecular flexibility index (Phi) is 10.1. The molecule has 0 aliphatic heterocycles. The van der Waals surface area contributed by atoms with Gasteiger partial charge in [-0.1, -0.05) is 33.6 Å². The van der Waals surface area contributed by atoms with Crippen molar-refractivity contribution in [1.82, 2.24) is 0 Å². The smallest absolute Gasteiger partial charge is 0.325 e. The normalized spacial score (nSPS) is 12.6. The average Bonchev–Trinajstić information content (AvgIpc) is 1.99. The summed E-state index contributed by atoms with van der Waals surface area (Å²) in [4.78, 5) is 26.9. The van der Waals surface area contributed by atoms with Crippen LogP contribution < -0.4 is 0 Å². The van der Waals surface area contributed by atoms with Crippen LogP contribution in [-0.2, 0) is 9.36 Å². The van der Waals surface area contributed by atoms with E-state index in [1.165, 1.54) is 19.8 Å². The van der Waals surface area contributed by atoms with E-state index in [0.717, 1.165) is 0 Å². The van der Waals surface area contributed by atoms with Crippen molar-refractivity contribution in [2.75, 3.05) is 6.16 Å². The van der Waals surface area contributed by atoms with Crippen LogP contribution in [0, 0.1) is 5.92 Å². The topological polar surface area (TPSA) is 94.8 Å². The van der Waals surface area contributed by atoms with Crippen molar-refractivity contribution in [3.8, 4) is 0 Å². The van der Waals surface area contributed by atoms with Crippen LogP contribution in [0.2, 0.25) is 0 Å². The molecule has 1 atom stereocenters. The van der Waals surface area contributed by atoms with Gasteiger partial charge in [-0.15, -0.1) is 0 Å². The summed E-state index contributed by atoms with van der Waals surface area (Å²) in [6.45, 7) is 5.85. The number of hydrogen-bond acceptors (Lipinski definition) is 2. The molecule has 0 fully saturated rings. The molecule has 1 unspecified atom stereocenters. The lowest BCUT2D eigenvalue weighted by Crippen LogP contribution is -2.08. The van der Waals surface area contributed by atoms with E-state index in [2.05, 4.69) is 13.8 Å². The lowest BCUT2D eigenvalue weighted by Gasteiger charge is -2.08. The van der Waals surface area contributed by atoms with Crippen LogP contribution in [0.1, 0.15) is 40.0 Å². The van der Waals surface area contributed by atoms with Gasteiger partial charge in [0.25, 0.3) is 0 Å². The number of carboxylic acid groups (broad SMARTS) is 1. The maximum Gasteiger partial charge on any atom is 0.325 e. The van der Waals surface area contributed by atoms with Crippen LogP contribution >= 0.6 is 7.60 Å². The predicted octanol–water partition coefficient (Wildman–Crippen LogP) is 2.08. The summed E-state index contributed by atoms with van der Waals surface area (Å²) in [5.74, 6) is -1.51. The van der Waals surface area contributed by atoms with E-state index < -0.39 is 19.5 Å². The van der Waals surface area contributed by atoms with Crippen molar-refractivity contribution in [3.63, 3.8) is 0 Å². The molecule has 0 aliphatic carbocycles. The lowest BCUT2D eigenvalue weighted by atomic mass is 10.1. The molecule has 0 aliphatic rings. The molecule has 0 amide bonds. The Balaban J connectivity index is 0. The Morgan fingerprint density at radius 1 is 1.27 bits per heavy atom. The van der Waals surface area contributed by atoms with Crippen LogP contribution in [-0.4, -0.2) is 27.0 Å². The maximum atomic E-state index is 10.3. The number of carbonyl (C=O) groups is 1. The summed E-state index contributed by atoms with van der Waals surface area (Å²) in [5, 5.41) is 8.23. The molecular formula is C9H21O5P. The third-order valence-corrected chi connectivity index (χ3v) is 2.67. The van der Waals surface area contributed by atoms with Crippen molar-refractivity contribution in [3.05, 3.63) is 0 Å². The van der Waals surface area contributed by atoms with Gasteiger partial charge in [0.2, 0.25) is 0 Å². The highest BCUT2D eigenvalue weighted by Crippen LogP contribution is 2.37. The standard InChI is InChI=1S/C5H11O5P.C4H10/c1-4(2-5(6)7)3-11(8,9)10;1-3-4-2/h4H,2-3H2,1H3,(H,6,7)(H2,8,9,10);3-4H2,1-2H3. The van der Waals surface area contributed by atoms with Crippen LogP contribution in [0.15, 0.2) is 0 Å². The number of rotatable bonds is 5. The van der Waals surface area contributed by atoms with Crippen molar-refractivity contribution < 1.29 is 24.3 Å². The second kappa shape index (κ2) is 8.89. The van der Waals surface area contributed by atoms with Gasteiger partial charge >= 0.3 is 13.6 Å². The van der Waals surface area contributed by atoms with Crippen LogP contribution in [0.4, 0.5) is 0 Å². The van der Waals surface area contributed by atoms with Crippen LogP contribution in [0.5, 0.6) is 0 Å². The molecule has 0 spiro atoms. The molecule has 0 aromatic rings. The largest absolute Gasteiger partial charge is 0.481 e. The zero-order chi connectivity index (χ0) is 12.5. The van der Waals surface area contributed by atoms with E-state index in [1.54, 1.807) is 0 Å². The van der Waals surface area contributed by atoms with Gasteiger partial charge < -0.3 is 14.9 Å². The summed E-state index contributed by atoms with van der Waals surface area (Å²) < 4.78 is 10.3. The second-order valence-corrected chi connectivity index (χ2v) is 5.24. The van der Waals surface area contributed by atoms with Crippen LogP contribution in [0.3, 0.4) is 0 Å². The predicted molar refractivity (Wildman–Crippen MR) is 58.9 cm³/mol. The van der Waals surface area contributed by atoms with Gasteiger partial charge in [0.05, 0.1) is 6.16 Å². The van der Waals surface area contributed by atoms with Crippen molar-refractivity contribution in [1.29, 1.82) is 0 Å². The minimum atomic E-state index is -4.04. The van der Waals surface area contributed by atoms with Gasteiger partial charge in [-0.05, 0) is 5.92 Å². The Morgan fingerprint density at radius 3 is 1.87 bits per heavy atom. The molecule has 5 nitrogen and oxygen atoms in total. The van der Waals surface area contributed by atoms with Crippen molar-refractivity contribution in [2.24, 2.45) is 5.92 Å². The number of hydrogen-bond donors (Lipinski definition) is 3. The molecule has 6 heteroatoms. The van der Waals surface area contributed by atoms with E-state index >= 15 is 0 Å². The first kappa shape index (κ1) is 17.0. The Hall–Kier alpha value is -0.380. The summed E-state index contributed by atoms with van der Waals surface area (Å²) in [7, 11) is -4.04. The molecule has 0 rings (SSSR count). The number of aliphatic carboxylic acids is 1. The van der Waals surface area contributed by atoms with Gasteiger partial charge in [0.1, 0.15) is 0 Å². The molecule has 0 radical (unpaired) electrons. The fraction of sp³-hybridized carbons (Fsp3) is 0.889. The summed E-state index contributed by atoms with van der Waals surface area (Å²) in [6, 6.07) is 0. The fourth-order valence-corrected chi connectivity index (χ4v) is 1.71. The fourth-order valence-electron chi connectivity index (χ4n) is 0.769. The van der Waals surface area contributed by atoms with Gasteiger partial charge in [0, 0.05) is 6.42 Å². The minimum absolute atomic E-state index is 0.203. The first-order valence-corrected chi connectivity index (χ1v) is 6.79. The molecule has 0 saturated carbocycles. The van der Waals surface area contributed by atoms with Gasteiger partial charge in [0.15, 0.2) is 0 Å². The third-order valence-electron chi connectivity index (χ3n) is 1.57. The zero-order valence-corrected chi connectivity index (χ0v) is 10.4. The van der Waals surface area contributed by atoms with E-state index in [-0.39, 0.29) is 12.6 Å². The van der Waals surface area contributed by atoms with E-state index in [1.807, 2.05) is 0 Å². The third kappa shape index (κ3) is 19.9. The lowest BCUT2D eigenvalue weighted by molar-refractivity contribution is -0.137. The van der Waals surface area contributed by atoms with Gasteiger partial charge in [-0.3, -0.25) is 9.36 Å². The Bertz CT molecular complexity index is 209. The molecule has 0 bridgehead atoms. The molecule has 0 aromatic carbocycles. The molecule has 3 N–H and O–H groups in total. The quantitative estimate of drug-likeness (QED) is 0.639. The average molecular weight is 240 g/mol. The highest BCUT2D eigenvalue weighted by molar-refractivity contribution is 7.51. The molecule has 0 heterocycles. The first-order chi connectivity index (χ1) is 6.72. The van der Waals surface area contributed by atoms with Gasteiger partial charge in [-0.25, -0.2) is 0 Å². The molecule has 92 valence electrons. The molecule has 0 aromatic heterocycles. The van der Waals surface area contributed by atoms with E-state index in [4.69, 9.17) is 14.9 Å². The summed E-state index contributed by atoms with van der Waals surface area (Å²) >= 11 is 0. The molecule has 0 saturated heterocycles. The van der Waals surface area contributed by atoms with E-state index in [9.17, 15) is 9.36 Å². The Labute approximate surface area is 90.7 Å². The summed E-state index contributed by atoms with van der Waals surface area (Å²) in [6.07, 6.45) is 2.07. The number of carboxylic acids is 1. The highest BCUT2D eigenvalue weighted by Gasteiger charge is 2.19. The zero-order valence-electron chi connectivity index (χ0n) is 9.51. The molecule has 15 heavy (non-hydrogen) atoms.